The van der Waals surface area contributed by atoms with Gasteiger partial charge in [0.2, 0.25) is 0 Å². The molecular weight excluding hydrogens is 266 g/mol. The Morgan fingerprint density at radius 3 is 2.90 bits per heavy atom. The third-order valence-corrected chi connectivity index (χ3v) is 3.99. The molecule has 114 valence electrons. The number of morpholine rings is 1. The van der Waals surface area contributed by atoms with E-state index >= 15 is 0 Å². The van der Waals surface area contributed by atoms with Gasteiger partial charge in [0, 0.05) is 38.2 Å². The van der Waals surface area contributed by atoms with Crippen molar-refractivity contribution >= 4 is 0 Å². The number of rotatable bonds is 4. The van der Waals surface area contributed by atoms with Crippen molar-refractivity contribution in [2.24, 2.45) is 7.05 Å². The highest BCUT2D eigenvalue weighted by Crippen LogP contribution is 2.12. The Labute approximate surface area is 125 Å². The molecule has 1 aliphatic heterocycles. The fourth-order valence-electron chi connectivity index (χ4n) is 2.84. The molecule has 3 heterocycles. The van der Waals surface area contributed by atoms with Gasteiger partial charge in [-0.05, 0) is 19.9 Å². The summed E-state index contributed by atoms with van der Waals surface area (Å²) < 4.78 is 10.0. The van der Waals surface area contributed by atoms with E-state index in [0.717, 1.165) is 44.3 Å². The second-order valence-corrected chi connectivity index (χ2v) is 5.79. The summed E-state index contributed by atoms with van der Waals surface area (Å²) in [6.07, 6.45) is 4.03. The molecule has 1 atom stereocenters. The average Bonchev–Trinajstić information content (AvgIpc) is 2.97. The van der Waals surface area contributed by atoms with Crippen LogP contribution in [0.3, 0.4) is 0 Å². The smallest absolute Gasteiger partial charge is 0.122 e. The van der Waals surface area contributed by atoms with Crippen LogP contribution in [-0.2, 0) is 24.9 Å². The van der Waals surface area contributed by atoms with Crippen LogP contribution in [0.15, 0.2) is 18.5 Å². The normalized spacial score (nSPS) is 20.0. The first-order valence-electron chi connectivity index (χ1n) is 7.43. The highest BCUT2D eigenvalue weighted by molar-refractivity contribution is 5.06. The van der Waals surface area contributed by atoms with Crippen LogP contribution in [0, 0.1) is 13.8 Å². The summed E-state index contributed by atoms with van der Waals surface area (Å²) in [7, 11) is 2.04. The van der Waals surface area contributed by atoms with Crippen molar-refractivity contribution in [3.05, 3.63) is 35.7 Å². The van der Waals surface area contributed by atoms with E-state index < -0.39 is 0 Å². The summed E-state index contributed by atoms with van der Waals surface area (Å²) in [6.45, 7) is 8.46. The number of imidazole rings is 1. The van der Waals surface area contributed by atoms with Gasteiger partial charge in [0.15, 0.2) is 0 Å². The molecule has 3 rings (SSSR count). The second kappa shape index (κ2) is 5.99. The number of nitrogens with zero attached hydrogens (tertiary/aromatic N) is 5. The van der Waals surface area contributed by atoms with Crippen LogP contribution in [0.2, 0.25) is 0 Å². The van der Waals surface area contributed by atoms with E-state index in [0.29, 0.717) is 0 Å². The zero-order chi connectivity index (χ0) is 14.8. The van der Waals surface area contributed by atoms with Crippen LogP contribution in [0.4, 0.5) is 0 Å². The molecule has 6 heteroatoms. The zero-order valence-corrected chi connectivity index (χ0v) is 13.0. The Balaban J connectivity index is 1.60. The monoisotopic (exact) mass is 289 g/mol. The van der Waals surface area contributed by atoms with Gasteiger partial charge in [-0.3, -0.25) is 9.58 Å². The highest BCUT2D eigenvalue weighted by atomic mass is 16.5. The third kappa shape index (κ3) is 3.33. The minimum Gasteiger partial charge on any atom is -0.374 e. The topological polar surface area (TPSA) is 48.1 Å². The summed E-state index contributed by atoms with van der Waals surface area (Å²) in [4.78, 5) is 6.80. The van der Waals surface area contributed by atoms with E-state index in [-0.39, 0.29) is 6.10 Å². The Morgan fingerprint density at radius 1 is 1.38 bits per heavy atom. The fourth-order valence-corrected chi connectivity index (χ4v) is 2.84. The standard InChI is InChI=1S/C15H23N5O/c1-12-8-13(2)20(17-12)10-14-9-19(6-7-21-14)11-15-16-4-5-18(15)3/h4-5,8,14H,6-7,9-11H2,1-3H3/t14-/m1/s1. The van der Waals surface area contributed by atoms with E-state index in [2.05, 4.69) is 32.5 Å². The first-order chi connectivity index (χ1) is 10.1. The molecule has 0 saturated carbocycles. The van der Waals surface area contributed by atoms with Gasteiger partial charge in [-0.15, -0.1) is 0 Å². The van der Waals surface area contributed by atoms with Gasteiger partial charge in [0.1, 0.15) is 5.82 Å². The largest absolute Gasteiger partial charge is 0.374 e. The predicted molar refractivity (Wildman–Crippen MR) is 79.9 cm³/mol. The number of hydrogen-bond donors (Lipinski definition) is 0. The van der Waals surface area contributed by atoms with Crippen LogP contribution in [0.25, 0.3) is 0 Å². The van der Waals surface area contributed by atoms with Crippen molar-refractivity contribution in [1.29, 1.82) is 0 Å². The molecule has 1 fully saturated rings. The van der Waals surface area contributed by atoms with Crippen LogP contribution < -0.4 is 0 Å². The minimum absolute atomic E-state index is 0.192. The molecule has 2 aromatic rings. The molecule has 0 amide bonds. The zero-order valence-electron chi connectivity index (χ0n) is 13.0. The number of aryl methyl sites for hydroxylation is 3. The molecule has 1 aliphatic rings. The van der Waals surface area contributed by atoms with Gasteiger partial charge < -0.3 is 9.30 Å². The third-order valence-electron chi connectivity index (χ3n) is 3.99. The molecule has 0 bridgehead atoms. The van der Waals surface area contributed by atoms with Gasteiger partial charge in [0.25, 0.3) is 0 Å². The van der Waals surface area contributed by atoms with Crippen molar-refractivity contribution < 1.29 is 4.74 Å². The van der Waals surface area contributed by atoms with Gasteiger partial charge >= 0.3 is 0 Å². The van der Waals surface area contributed by atoms with E-state index in [4.69, 9.17) is 4.74 Å². The van der Waals surface area contributed by atoms with E-state index in [1.54, 1.807) is 0 Å². The lowest BCUT2D eigenvalue weighted by Crippen LogP contribution is -2.44. The maximum absolute atomic E-state index is 5.90. The molecule has 21 heavy (non-hydrogen) atoms. The van der Waals surface area contributed by atoms with E-state index in [1.165, 1.54) is 5.69 Å². The predicted octanol–water partition coefficient (Wildman–Crippen LogP) is 1.13. The molecule has 1 saturated heterocycles. The van der Waals surface area contributed by atoms with Gasteiger partial charge in [-0.1, -0.05) is 0 Å². The second-order valence-electron chi connectivity index (χ2n) is 5.79. The van der Waals surface area contributed by atoms with Crippen LogP contribution in [-0.4, -0.2) is 50.0 Å². The lowest BCUT2D eigenvalue weighted by molar-refractivity contribution is -0.0413. The molecule has 6 nitrogen and oxygen atoms in total. The lowest BCUT2D eigenvalue weighted by atomic mass is 10.2. The Kier molecular flexibility index (Phi) is 4.07. The van der Waals surface area contributed by atoms with E-state index in [9.17, 15) is 0 Å². The maximum atomic E-state index is 5.90. The molecule has 0 aliphatic carbocycles. The minimum atomic E-state index is 0.192. The highest BCUT2D eigenvalue weighted by Gasteiger charge is 2.22. The molecule has 0 radical (unpaired) electrons. The van der Waals surface area contributed by atoms with E-state index in [1.807, 2.05) is 31.0 Å². The molecule has 0 N–H and O–H groups in total. The van der Waals surface area contributed by atoms with Crippen LogP contribution in [0.5, 0.6) is 0 Å². The first kappa shape index (κ1) is 14.3. The Bertz CT molecular complexity index is 603. The van der Waals surface area contributed by atoms with Crippen molar-refractivity contribution in [2.75, 3.05) is 19.7 Å². The molecular formula is C15H23N5O. The quantitative estimate of drug-likeness (QED) is 0.847. The van der Waals surface area contributed by atoms with Crippen LogP contribution in [0.1, 0.15) is 17.2 Å². The Morgan fingerprint density at radius 2 is 2.24 bits per heavy atom. The van der Waals surface area contributed by atoms with Gasteiger partial charge in [0.05, 0.1) is 31.5 Å². The maximum Gasteiger partial charge on any atom is 0.122 e. The number of hydrogen-bond acceptors (Lipinski definition) is 4. The van der Waals surface area contributed by atoms with Crippen molar-refractivity contribution in [3.63, 3.8) is 0 Å². The van der Waals surface area contributed by atoms with Gasteiger partial charge in [-0.2, -0.15) is 5.10 Å². The SMILES string of the molecule is Cc1cc(C)n(C[C@H]2CN(Cc3nccn3C)CCO2)n1. The van der Waals surface area contributed by atoms with Gasteiger partial charge in [-0.25, -0.2) is 4.98 Å². The first-order valence-corrected chi connectivity index (χ1v) is 7.43. The summed E-state index contributed by atoms with van der Waals surface area (Å²) in [5.74, 6) is 1.10. The summed E-state index contributed by atoms with van der Waals surface area (Å²) in [5, 5.41) is 4.52. The molecule has 0 spiro atoms. The van der Waals surface area contributed by atoms with Crippen molar-refractivity contribution in [3.8, 4) is 0 Å². The van der Waals surface area contributed by atoms with Crippen molar-refractivity contribution in [2.45, 2.75) is 33.0 Å². The van der Waals surface area contributed by atoms with Crippen LogP contribution >= 0.6 is 0 Å². The Hall–Kier alpha value is -1.66. The molecule has 0 aromatic carbocycles. The molecule has 0 unspecified atom stereocenters. The summed E-state index contributed by atoms with van der Waals surface area (Å²) >= 11 is 0. The number of aromatic nitrogens is 4. The fraction of sp³-hybridized carbons (Fsp3) is 0.600. The molecule has 2 aromatic heterocycles. The summed E-state index contributed by atoms with van der Waals surface area (Å²) in [6, 6.07) is 2.11. The summed E-state index contributed by atoms with van der Waals surface area (Å²) in [5.41, 5.74) is 2.26. The van der Waals surface area contributed by atoms with Crippen molar-refractivity contribution in [1.82, 2.24) is 24.2 Å². The lowest BCUT2D eigenvalue weighted by Gasteiger charge is -2.32. The number of ether oxygens (including phenoxy) is 1. The average molecular weight is 289 g/mol.